The molecule has 0 saturated heterocycles. The van der Waals surface area contributed by atoms with Crippen molar-refractivity contribution in [3.63, 3.8) is 0 Å². The van der Waals surface area contributed by atoms with Crippen LogP contribution in [0.4, 0.5) is 5.69 Å². The van der Waals surface area contributed by atoms with Crippen molar-refractivity contribution in [3.8, 4) is 0 Å². The Labute approximate surface area is 124 Å². The summed E-state index contributed by atoms with van der Waals surface area (Å²) in [5, 5.41) is 5.30. The molecule has 0 bridgehead atoms. The average molecular weight is 309 g/mol. The Kier molecular flexibility index (Phi) is 4.83. The second kappa shape index (κ2) is 6.41. The lowest BCUT2D eigenvalue weighted by Gasteiger charge is -2.12. The van der Waals surface area contributed by atoms with E-state index in [9.17, 15) is 8.42 Å². The van der Waals surface area contributed by atoms with Gasteiger partial charge in [0.05, 0.1) is 16.3 Å². The van der Waals surface area contributed by atoms with E-state index >= 15 is 0 Å². The Morgan fingerprint density at radius 3 is 2.60 bits per heavy atom. The maximum absolute atomic E-state index is 12.2. The first-order chi connectivity index (χ1) is 9.54. The van der Waals surface area contributed by atoms with Gasteiger partial charge in [0.2, 0.25) is 0 Å². The first-order valence-electron chi connectivity index (χ1n) is 6.63. The highest BCUT2D eigenvalue weighted by Crippen LogP contribution is 2.24. The molecule has 0 aliphatic carbocycles. The first-order valence-corrected chi connectivity index (χ1v) is 9.16. The molecule has 0 aliphatic rings. The number of aryl methyl sites for hydroxylation is 1. The molecule has 20 heavy (non-hydrogen) atoms. The van der Waals surface area contributed by atoms with Crippen LogP contribution in [0.2, 0.25) is 0 Å². The van der Waals surface area contributed by atoms with Crippen LogP contribution in [-0.4, -0.2) is 14.2 Å². The number of sulfone groups is 1. The molecule has 0 radical (unpaired) electrons. The lowest BCUT2D eigenvalue weighted by atomic mass is 10.2. The Bertz CT molecular complexity index is 675. The average Bonchev–Trinajstić information content (AvgIpc) is 2.82. The predicted molar refractivity (Wildman–Crippen MR) is 85.2 cm³/mol. The number of anilines is 1. The molecule has 0 spiro atoms. The van der Waals surface area contributed by atoms with Gasteiger partial charge in [-0.05, 0) is 42.5 Å². The zero-order valence-electron chi connectivity index (χ0n) is 11.7. The molecule has 1 aromatic carbocycles. The summed E-state index contributed by atoms with van der Waals surface area (Å²) in [4.78, 5) is 1.63. The van der Waals surface area contributed by atoms with Crippen molar-refractivity contribution in [1.82, 2.24) is 0 Å². The topological polar surface area (TPSA) is 46.2 Å². The minimum atomic E-state index is -3.20. The Morgan fingerprint density at radius 2 is 1.95 bits per heavy atom. The smallest absolute Gasteiger partial charge is 0.180 e. The molecule has 0 amide bonds. The van der Waals surface area contributed by atoms with Gasteiger partial charge in [-0.25, -0.2) is 8.42 Å². The number of nitrogens with one attached hydrogen (secondary N) is 1. The van der Waals surface area contributed by atoms with E-state index in [1.165, 1.54) is 10.4 Å². The molecule has 2 rings (SSSR count). The lowest BCUT2D eigenvalue weighted by molar-refractivity contribution is 0.595. The fourth-order valence-electron chi connectivity index (χ4n) is 2.02. The number of para-hydroxylation sites is 1. The molecular weight excluding hydrogens is 290 g/mol. The summed E-state index contributed by atoms with van der Waals surface area (Å²) < 4.78 is 24.5. The first kappa shape index (κ1) is 15.1. The van der Waals surface area contributed by atoms with Crippen molar-refractivity contribution in [3.05, 3.63) is 46.2 Å². The summed E-state index contributed by atoms with van der Waals surface area (Å²) in [6.45, 7) is 4.60. The molecule has 0 saturated carbocycles. The van der Waals surface area contributed by atoms with Gasteiger partial charge >= 0.3 is 0 Å². The Morgan fingerprint density at radius 1 is 1.20 bits per heavy atom. The van der Waals surface area contributed by atoms with E-state index in [1.807, 2.05) is 24.4 Å². The van der Waals surface area contributed by atoms with E-state index < -0.39 is 9.84 Å². The summed E-state index contributed by atoms with van der Waals surface area (Å²) in [5.74, 6) is 0.184. The summed E-state index contributed by atoms with van der Waals surface area (Å²) in [6.07, 6.45) is 0.626. The van der Waals surface area contributed by atoms with Gasteiger partial charge in [-0.3, -0.25) is 0 Å². The third-order valence-corrected chi connectivity index (χ3v) is 6.10. The van der Waals surface area contributed by atoms with E-state index in [0.29, 0.717) is 23.5 Å². The van der Waals surface area contributed by atoms with Crippen LogP contribution in [0, 0.1) is 6.92 Å². The van der Waals surface area contributed by atoms with Crippen LogP contribution in [0.1, 0.15) is 23.8 Å². The third-order valence-electron chi connectivity index (χ3n) is 3.10. The van der Waals surface area contributed by atoms with Gasteiger partial charge in [0.15, 0.2) is 9.84 Å². The van der Waals surface area contributed by atoms with Crippen molar-refractivity contribution >= 4 is 26.9 Å². The molecule has 0 aliphatic heterocycles. The molecule has 108 valence electrons. The maximum atomic E-state index is 12.2. The van der Waals surface area contributed by atoms with Gasteiger partial charge in [-0.15, -0.1) is 11.3 Å². The van der Waals surface area contributed by atoms with Crippen molar-refractivity contribution in [2.75, 3.05) is 11.1 Å². The SMILES string of the molecule is CCCS(=O)(=O)c1ccccc1NCc1sccc1C. The second-order valence-electron chi connectivity index (χ2n) is 4.70. The van der Waals surface area contributed by atoms with Gasteiger partial charge < -0.3 is 5.32 Å². The zero-order valence-corrected chi connectivity index (χ0v) is 13.4. The molecule has 1 N–H and O–H groups in total. The van der Waals surface area contributed by atoms with Crippen molar-refractivity contribution in [2.24, 2.45) is 0 Å². The minimum absolute atomic E-state index is 0.184. The fraction of sp³-hybridized carbons (Fsp3) is 0.333. The molecule has 1 aromatic heterocycles. The molecular formula is C15H19NO2S2. The highest BCUT2D eigenvalue weighted by atomic mass is 32.2. The number of rotatable bonds is 6. The minimum Gasteiger partial charge on any atom is -0.379 e. The number of hydrogen-bond acceptors (Lipinski definition) is 4. The summed E-state index contributed by atoms with van der Waals surface area (Å²) in [6, 6.07) is 9.19. The second-order valence-corrected chi connectivity index (χ2v) is 7.77. The highest BCUT2D eigenvalue weighted by molar-refractivity contribution is 7.91. The van der Waals surface area contributed by atoms with E-state index in [-0.39, 0.29) is 5.75 Å². The number of hydrogen-bond donors (Lipinski definition) is 1. The van der Waals surface area contributed by atoms with Crippen molar-refractivity contribution in [1.29, 1.82) is 0 Å². The van der Waals surface area contributed by atoms with E-state index in [0.717, 1.165) is 0 Å². The monoisotopic (exact) mass is 309 g/mol. The quantitative estimate of drug-likeness (QED) is 0.881. The van der Waals surface area contributed by atoms with Crippen LogP contribution in [0.5, 0.6) is 0 Å². The molecule has 1 heterocycles. The highest BCUT2D eigenvalue weighted by Gasteiger charge is 2.17. The van der Waals surface area contributed by atoms with Gasteiger partial charge in [0, 0.05) is 11.4 Å². The van der Waals surface area contributed by atoms with E-state index in [4.69, 9.17) is 0 Å². The molecule has 3 nitrogen and oxygen atoms in total. The standard InChI is InChI=1S/C15H19NO2S2/c1-3-10-20(17,18)15-7-5-4-6-13(15)16-11-14-12(2)8-9-19-14/h4-9,16H,3,10-11H2,1-2H3. The third kappa shape index (κ3) is 3.41. The molecule has 0 atom stereocenters. The molecule has 5 heteroatoms. The summed E-state index contributed by atoms with van der Waals surface area (Å²) >= 11 is 1.68. The van der Waals surface area contributed by atoms with Crippen molar-refractivity contribution < 1.29 is 8.42 Å². The Balaban J connectivity index is 2.23. The van der Waals surface area contributed by atoms with Crippen LogP contribution in [-0.2, 0) is 16.4 Å². The largest absolute Gasteiger partial charge is 0.379 e. The van der Waals surface area contributed by atoms with Gasteiger partial charge in [-0.1, -0.05) is 19.1 Å². The van der Waals surface area contributed by atoms with Crippen LogP contribution in [0.3, 0.4) is 0 Å². The van der Waals surface area contributed by atoms with Crippen LogP contribution in [0.25, 0.3) is 0 Å². The Hall–Kier alpha value is -1.33. The predicted octanol–water partition coefficient (Wildman–Crippen LogP) is 3.85. The van der Waals surface area contributed by atoms with Crippen molar-refractivity contribution in [2.45, 2.75) is 31.7 Å². The maximum Gasteiger partial charge on any atom is 0.180 e. The van der Waals surface area contributed by atoms with E-state index in [1.54, 1.807) is 23.5 Å². The van der Waals surface area contributed by atoms with Gasteiger partial charge in [0.1, 0.15) is 0 Å². The fourth-order valence-corrected chi connectivity index (χ4v) is 4.39. The van der Waals surface area contributed by atoms with Crippen LogP contribution < -0.4 is 5.32 Å². The van der Waals surface area contributed by atoms with Gasteiger partial charge in [-0.2, -0.15) is 0 Å². The summed E-state index contributed by atoms with van der Waals surface area (Å²) in [5.41, 5.74) is 1.92. The van der Waals surface area contributed by atoms with Gasteiger partial charge in [0.25, 0.3) is 0 Å². The van der Waals surface area contributed by atoms with E-state index in [2.05, 4.69) is 18.3 Å². The summed E-state index contributed by atoms with van der Waals surface area (Å²) in [7, 11) is -3.20. The van der Waals surface area contributed by atoms with Crippen LogP contribution >= 0.6 is 11.3 Å². The lowest BCUT2D eigenvalue weighted by Crippen LogP contribution is -2.10. The molecule has 0 fully saturated rings. The van der Waals surface area contributed by atoms with Crippen LogP contribution in [0.15, 0.2) is 40.6 Å². The zero-order chi connectivity index (χ0) is 14.6. The number of thiophene rings is 1. The molecule has 2 aromatic rings. The molecule has 0 unspecified atom stereocenters. The number of benzene rings is 1. The normalized spacial score (nSPS) is 11.5.